The second-order valence-electron chi connectivity index (χ2n) is 4.56. The number of ketones is 1. The van der Waals surface area contributed by atoms with Crippen molar-refractivity contribution in [3.63, 3.8) is 0 Å². The number of nitrogens with zero attached hydrogens (tertiary/aromatic N) is 1. The summed E-state index contributed by atoms with van der Waals surface area (Å²) in [5, 5.41) is 0. The molecule has 2 rings (SSSR count). The number of carbonyl (C=O) groups excluding carboxylic acids is 1. The lowest BCUT2D eigenvalue weighted by Crippen LogP contribution is -2.02. The second-order valence-corrected chi connectivity index (χ2v) is 4.56. The summed E-state index contributed by atoms with van der Waals surface area (Å²) in [7, 11) is 0. The molecule has 1 aromatic heterocycles. The molecule has 96 valence electrons. The van der Waals surface area contributed by atoms with Gasteiger partial charge in [-0.3, -0.25) is 9.78 Å². The van der Waals surface area contributed by atoms with Gasteiger partial charge < -0.3 is 0 Å². The van der Waals surface area contributed by atoms with E-state index < -0.39 is 0 Å². The first-order valence-corrected chi connectivity index (χ1v) is 6.36. The average Bonchev–Trinajstić information content (AvgIpc) is 2.46. The third-order valence-electron chi connectivity index (χ3n) is 3.13. The monoisotopic (exact) mass is 251 g/mol. The average molecular weight is 251 g/mol. The minimum atomic E-state index is 0.0651. The van der Waals surface area contributed by atoms with Crippen LogP contribution in [0.1, 0.15) is 34.5 Å². The van der Waals surface area contributed by atoms with Crippen LogP contribution >= 0.6 is 0 Å². The summed E-state index contributed by atoms with van der Waals surface area (Å²) < 4.78 is 0. The smallest absolute Gasteiger partial charge is 0.181 e. The van der Waals surface area contributed by atoms with E-state index in [2.05, 4.69) is 24.6 Å². The van der Waals surface area contributed by atoms with Crippen molar-refractivity contribution in [3.8, 4) is 0 Å². The largest absolute Gasteiger partial charge is 0.292 e. The van der Waals surface area contributed by atoms with Crippen LogP contribution in [0.15, 0.2) is 55.2 Å². The van der Waals surface area contributed by atoms with Crippen molar-refractivity contribution in [3.05, 3.63) is 72.1 Å². The summed E-state index contributed by atoms with van der Waals surface area (Å²) in [6.07, 6.45) is 2.76. The van der Waals surface area contributed by atoms with E-state index in [4.69, 9.17) is 0 Å². The van der Waals surface area contributed by atoms with Crippen molar-refractivity contribution in [1.82, 2.24) is 4.98 Å². The summed E-state index contributed by atoms with van der Waals surface area (Å²) >= 11 is 0. The zero-order valence-corrected chi connectivity index (χ0v) is 11.1. The predicted octanol–water partition coefficient (Wildman–Crippen LogP) is 4.07. The van der Waals surface area contributed by atoms with Crippen molar-refractivity contribution in [1.29, 1.82) is 0 Å². The molecule has 0 amide bonds. The summed E-state index contributed by atoms with van der Waals surface area (Å²) in [6, 6.07) is 13.5. The van der Waals surface area contributed by atoms with Gasteiger partial charge in [0.2, 0.25) is 0 Å². The predicted molar refractivity (Wildman–Crippen MR) is 78.0 cm³/mol. The molecular weight excluding hydrogens is 234 g/mol. The maximum atomic E-state index is 12.0. The van der Waals surface area contributed by atoms with Crippen molar-refractivity contribution in [2.75, 3.05) is 0 Å². The Hall–Kier alpha value is -2.22. The molecule has 0 spiro atoms. The van der Waals surface area contributed by atoms with E-state index in [1.165, 1.54) is 5.56 Å². The van der Waals surface area contributed by atoms with Crippen molar-refractivity contribution < 1.29 is 4.79 Å². The molecule has 2 nitrogen and oxygen atoms in total. The van der Waals surface area contributed by atoms with Gasteiger partial charge in [-0.25, -0.2) is 0 Å². The van der Waals surface area contributed by atoms with Gasteiger partial charge in [-0.2, -0.15) is 0 Å². The molecule has 0 saturated carbocycles. The molecular formula is C17H17NO. The summed E-state index contributed by atoms with van der Waals surface area (Å²) in [6.45, 7) is 6.14. The van der Waals surface area contributed by atoms with Gasteiger partial charge in [0, 0.05) is 12.6 Å². The van der Waals surface area contributed by atoms with Crippen molar-refractivity contribution in [2.24, 2.45) is 0 Å². The van der Waals surface area contributed by atoms with Crippen LogP contribution in [-0.4, -0.2) is 10.8 Å². The molecule has 0 atom stereocenters. The highest BCUT2D eigenvalue weighted by molar-refractivity contribution is 5.95. The lowest BCUT2D eigenvalue weighted by molar-refractivity contribution is 0.0979. The molecule has 0 aliphatic heterocycles. The Morgan fingerprint density at radius 1 is 1.11 bits per heavy atom. The van der Waals surface area contributed by atoms with E-state index in [9.17, 15) is 4.79 Å². The first-order valence-electron chi connectivity index (χ1n) is 6.36. The number of rotatable bonds is 5. The molecule has 1 aromatic carbocycles. The number of hydrogen-bond acceptors (Lipinski definition) is 2. The van der Waals surface area contributed by atoms with Crippen molar-refractivity contribution in [2.45, 2.75) is 19.8 Å². The van der Waals surface area contributed by atoms with Gasteiger partial charge in [0.25, 0.3) is 0 Å². The highest BCUT2D eigenvalue weighted by Gasteiger charge is 2.09. The highest BCUT2D eigenvalue weighted by Crippen LogP contribution is 2.21. The Balaban J connectivity index is 1.98. The van der Waals surface area contributed by atoms with E-state index in [1.54, 1.807) is 12.3 Å². The van der Waals surface area contributed by atoms with Crippen LogP contribution in [0.3, 0.4) is 0 Å². The fourth-order valence-corrected chi connectivity index (χ4v) is 2.02. The SMILES string of the molecule is C=C(CCC(=O)c1ccccn1)c1ccccc1C. The first-order chi connectivity index (χ1) is 9.18. The standard InChI is InChI=1S/C17H17NO/c1-13-7-3-4-8-15(13)14(2)10-11-17(19)16-9-5-6-12-18-16/h3-9,12H,2,10-11H2,1H3. The third-order valence-corrected chi connectivity index (χ3v) is 3.13. The number of allylic oxidation sites excluding steroid dienone is 1. The maximum absolute atomic E-state index is 12.0. The molecule has 0 aliphatic carbocycles. The summed E-state index contributed by atoms with van der Waals surface area (Å²) in [5.41, 5.74) is 3.86. The number of benzene rings is 1. The van der Waals surface area contributed by atoms with Gasteiger partial charge in [0.1, 0.15) is 5.69 Å². The molecule has 0 N–H and O–H groups in total. The van der Waals surface area contributed by atoms with Crippen LogP contribution in [0.25, 0.3) is 5.57 Å². The highest BCUT2D eigenvalue weighted by atomic mass is 16.1. The van der Waals surface area contributed by atoms with Gasteiger partial charge in [0.15, 0.2) is 5.78 Å². The van der Waals surface area contributed by atoms with Crippen LogP contribution in [0, 0.1) is 6.92 Å². The van der Waals surface area contributed by atoms with Gasteiger partial charge in [-0.05, 0) is 42.2 Å². The van der Waals surface area contributed by atoms with E-state index in [0.717, 1.165) is 11.1 Å². The van der Waals surface area contributed by atoms with Crippen LogP contribution in [-0.2, 0) is 0 Å². The Morgan fingerprint density at radius 3 is 2.53 bits per heavy atom. The molecule has 0 unspecified atom stereocenters. The first kappa shape index (κ1) is 13.2. The molecule has 0 saturated heterocycles. The number of Topliss-reactive ketones (excluding diaryl/α,β-unsaturated/α-hetero) is 1. The van der Waals surface area contributed by atoms with Gasteiger partial charge >= 0.3 is 0 Å². The molecule has 0 radical (unpaired) electrons. The van der Waals surface area contributed by atoms with Crippen molar-refractivity contribution >= 4 is 11.4 Å². The third kappa shape index (κ3) is 3.38. The van der Waals surface area contributed by atoms with Crippen LogP contribution in [0.4, 0.5) is 0 Å². The number of hydrogen-bond donors (Lipinski definition) is 0. The van der Waals surface area contributed by atoms with E-state index in [1.807, 2.05) is 30.3 Å². The maximum Gasteiger partial charge on any atom is 0.181 e. The molecule has 2 heteroatoms. The van der Waals surface area contributed by atoms with E-state index in [-0.39, 0.29) is 5.78 Å². The molecule has 0 aliphatic rings. The number of pyridine rings is 1. The zero-order valence-electron chi connectivity index (χ0n) is 11.1. The Bertz CT molecular complexity index is 587. The van der Waals surface area contributed by atoms with Crippen LogP contribution < -0.4 is 0 Å². The fraction of sp³-hybridized carbons (Fsp3) is 0.176. The van der Waals surface area contributed by atoms with Crippen LogP contribution in [0.5, 0.6) is 0 Å². The molecule has 2 aromatic rings. The topological polar surface area (TPSA) is 30.0 Å². The number of carbonyl (C=O) groups is 1. The Morgan fingerprint density at radius 2 is 1.84 bits per heavy atom. The van der Waals surface area contributed by atoms with E-state index >= 15 is 0 Å². The second kappa shape index (κ2) is 6.10. The van der Waals surface area contributed by atoms with E-state index in [0.29, 0.717) is 18.5 Å². The molecule has 0 bridgehead atoms. The van der Waals surface area contributed by atoms with Gasteiger partial charge in [-0.15, -0.1) is 0 Å². The molecule has 0 fully saturated rings. The number of aromatic nitrogens is 1. The normalized spacial score (nSPS) is 10.2. The summed E-state index contributed by atoms with van der Waals surface area (Å²) in [4.78, 5) is 16.0. The number of aryl methyl sites for hydroxylation is 1. The molecule has 19 heavy (non-hydrogen) atoms. The minimum Gasteiger partial charge on any atom is -0.292 e. The lowest BCUT2D eigenvalue weighted by Gasteiger charge is -2.08. The quantitative estimate of drug-likeness (QED) is 0.750. The fourth-order valence-electron chi connectivity index (χ4n) is 2.02. The summed E-state index contributed by atoms with van der Waals surface area (Å²) in [5.74, 6) is 0.0651. The lowest BCUT2D eigenvalue weighted by atomic mass is 9.97. The molecule has 1 heterocycles. The minimum absolute atomic E-state index is 0.0651. The van der Waals surface area contributed by atoms with Crippen LogP contribution in [0.2, 0.25) is 0 Å². The van der Waals surface area contributed by atoms with Gasteiger partial charge in [0.05, 0.1) is 0 Å². The Labute approximate surface area is 113 Å². The zero-order chi connectivity index (χ0) is 13.7. The Kier molecular flexibility index (Phi) is 4.24. The van der Waals surface area contributed by atoms with Gasteiger partial charge in [-0.1, -0.05) is 36.9 Å².